The second-order valence-electron chi connectivity index (χ2n) is 4.92. The summed E-state index contributed by atoms with van der Waals surface area (Å²) in [5, 5.41) is 11.9. The normalized spacial score (nSPS) is 10.2. The molecule has 0 aliphatic carbocycles. The average molecular weight is 340 g/mol. The van der Waals surface area contributed by atoms with Crippen LogP contribution in [0.3, 0.4) is 0 Å². The fraction of sp³-hybridized carbons (Fsp3) is 0.111. The number of pyridine rings is 1. The molecule has 6 heteroatoms. The largest absolute Gasteiger partial charge is 0.481 e. The van der Waals surface area contributed by atoms with Crippen molar-refractivity contribution in [3.63, 3.8) is 0 Å². The molecule has 0 bridgehead atoms. The molecule has 0 N–H and O–H groups in total. The Morgan fingerprint density at radius 1 is 1.25 bits per heavy atom. The van der Waals surface area contributed by atoms with Crippen molar-refractivity contribution >= 4 is 11.3 Å². The number of thiophene rings is 1. The van der Waals surface area contributed by atoms with E-state index in [0.717, 1.165) is 11.1 Å². The summed E-state index contributed by atoms with van der Waals surface area (Å²) in [7, 11) is 1.42. The topological polar surface area (TPSA) is 55.1 Å². The van der Waals surface area contributed by atoms with E-state index in [9.17, 15) is 9.65 Å². The van der Waals surface area contributed by atoms with E-state index < -0.39 is 5.95 Å². The van der Waals surface area contributed by atoms with Crippen LogP contribution in [-0.2, 0) is 6.61 Å². The van der Waals surface area contributed by atoms with Gasteiger partial charge in [0.1, 0.15) is 18.2 Å². The smallest absolute Gasteiger partial charge is 0.216 e. The molecule has 1 aromatic carbocycles. The van der Waals surface area contributed by atoms with Crippen LogP contribution in [0.2, 0.25) is 0 Å². The van der Waals surface area contributed by atoms with Crippen LogP contribution >= 0.6 is 11.3 Å². The highest BCUT2D eigenvalue weighted by Gasteiger charge is 2.14. The number of halogens is 1. The van der Waals surface area contributed by atoms with Crippen molar-refractivity contribution < 1.29 is 13.9 Å². The van der Waals surface area contributed by atoms with E-state index in [1.54, 1.807) is 6.07 Å². The lowest BCUT2D eigenvalue weighted by Gasteiger charge is -2.07. The molecule has 0 atom stereocenters. The highest BCUT2D eigenvalue weighted by molar-refractivity contribution is 7.12. The number of aromatic nitrogens is 1. The first-order valence-corrected chi connectivity index (χ1v) is 7.99. The quantitative estimate of drug-likeness (QED) is 0.646. The third kappa shape index (κ3) is 3.36. The number of hydrogen-bond donors (Lipinski definition) is 0. The molecular formula is C18H13FN2O2S. The van der Waals surface area contributed by atoms with Gasteiger partial charge in [-0.3, -0.25) is 0 Å². The summed E-state index contributed by atoms with van der Waals surface area (Å²) in [6.45, 7) is 0.124. The Morgan fingerprint density at radius 2 is 2.04 bits per heavy atom. The van der Waals surface area contributed by atoms with E-state index in [2.05, 4.69) is 11.1 Å². The van der Waals surface area contributed by atoms with Crippen LogP contribution in [-0.4, -0.2) is 12.1 Å². The average Bonchev–Trinajstić information content (AvgIpc) is 3.03. The molecule has 3 aromatic rings. The second kappa shape index (κ2) is 7.11. The minimum absolute atomic E-state index is 0.124. The van der Waals surface area contributed by atoms with Gasteiger partial charge in [0.2, 0.25) is 11.8 Å². The minimum atomic E-state index is -0.635. The Bertz CT molecular complexity index is 888. The molecule has 0 unspecified atom stereocenters. The van der Waals surface area contributed by atoms with Crippen LogP contribution in [0.25, 0.3) is 11.1 Å². The lowest BCUT2D eigenvalue weighted by Crippen LogP contribution is -1.99. The summed E-state index contributed by atoms with van der Waals surface area (Å²) in [6, 6.07) is 14.7. The molecular weight excluding hydrogens is 327 g/mol. The van der Waals surface area contributed by atoms with Gasteiger partial charge in [0.15, 0.2) is 5.06 Å². The maximum absolute atomic E-state index is 13.4. The maximum atomic E-state index is 13.4. The zero-order valence-corrected chi connectivity index (χ0v) is 13.6. The van der Waals surface area contributed by atoms with Gasteiger partial charge >= 0.3 is 0 Å². The van der Waals surface area contributed by atoms with Gasteiger partial charge in [-0.25, -0.2) is 0 Å². The van der Waals surface area contributed by atoms with Crippen LogP contribution in [0.1, 0.15) is 11.1 Å². The van der Waals surface area contributed by atoms with E-state index >= 15 is 0 Å². The van der Waals surface area contributed by atoms with E-state index in [1.807, 2.05) is 35.7 Å². The van der Waals surface area contributed by atoms with E-state index in [4.69, 9.17) is 9.47 Å². The molecule has 3 rings (SSSR count). The Labute approximate surface area is 142 Å². The van der Waals surface area contributed by atoms with Gasteiger partial charge in [0.25, 0.3) is 0 Å². The number of nitriles is 1. The van der Waals surface area contributed by atoms with E-state index in [0.29, 0.717) is 16.2 Å². The summed E-state index contributed by atoms with van der Waals surface area (Å²) in [5.41, 5.74) is 2.85. The van der Waals surface area contributed by atoms with Crippen LogP contribution < -0.4 is 9.47 Å². The lowest BCUT2D eigenvalue weighted by molar-refractivity contribution is 0.311. The Kier molecular flexibility index (Phi) is 4.73. The van der Waals surface area contributed by atoms with Gasteiger partial charge in [0, 0.05) is 23.1 Å². The first-order chi connectivity index (χ1) is 11.7. The molecule has 24 heavy (non-hydrogen) atoms. The second-order valence-corrected chi connectivity index (χ2v) is 5.76. The Morgan fingerprint density at radius 3 is 2.75 bits per heavy atom. The SMILES string of the molecule is COc1cc(COc2scc(-c3ccccc3)c2C#N)cc(F)n1. The number of rotatable bonds is 5. The summed E-state index contributed by atoms with van der Waals surface area (Å²) in [5.74, 6) is -0.449. The third-order valence-corrected chi connectivity index (χ3v) is 4.25. The molecule has 0 aliphatic rings. The predicted molar refractivity (Wildman–Crippen MR) is 89.5 cm³/mol. The van der Waals surface area contributed by atoms with E-state index in [1.165, 1.54) is 24.5 Å². The Balaban J connectivity index is 1.83. The fourth-order valence-electron chi connectivity index (χ4n) is 2.24. The number of methoxy groups -OCH3 is 1. The molecule has 0 spiro atoms. The van der Waals surface area contributed by atoms with Gasteiger partial charge < -0.3 is 9.47 Å². The van der Waals surface area contributed by atoms with Crippen molar-refractivity contribution in [3.05, 3.63) is 64.9 Å². The number of nitrogens with zero attached hydrogens (tertiary/aromatic N) is 2. The van der Waals surface area contributed by atoms with Gasteiger partial charge in [-0.1, -0.05) is 30.3 Å². The van der Waals surface area contributed by atoms with Gasteiger partial charge in [0.05, 0.1) is 7.11 Å². The maximum Gasteiger partial charge on any atom is 0.216 e. The fourth-order valence-corrected chi connectivity index (χ4v) is 3.12. The zero-order chi connectivity index (χ0) is 16.9. The molecule has 2 heterocycles. The van der Waals surface area contributed by atoms with Gasteiger partial charge in [-0.15, -0.1) is 11.3 Å². The summed E-state index contributed by atoms with van der Waals surface area (Å²) in [4.78, 5) is 3.59. The van der Waals surface area contributed by atoms with Crippen molar-refractivity contribution in [1.29, 1.82) is 5.26 Å². The molecule has 4 nitrogen and oxygen atoms in total. The number of hydrogen-bond acceptors (Lipinski definition) is 5. The Hall–Kier alpha value is -2.91. The van der Waals surface area contributed by atoms with Gasteiger partial charge in [-0.05, 0) is 11.1 Å². The van der Waals surface area contributed by atoms with E-state index in [-0.39, 0.29) is 12.5 Å². The van der Waals surface area contributed by atoms with Crippen molar-refractivity contribution in [2.45, 2.75) is 6.61 Å². The highest BCUT2D eigenvalue weighted by atomic mass is 32.1. The summed E-state index contributed by atoms with van der Waals surface area (Å²) in [6.07, 6.45) is 0. The standard InChI is InChI=1S/C18H13FN2O2S/c1-22-17-8-12(7-16(19)21-17)10-23-18-14(9-20)15(11-24-18)13-5-3-2-4-6-13/h2-8,11H,10H2,1H3. The molecule has 0 amide bonds. The molecule has 120 valence electrons. The first-order valence-electron chi connectivity index (χ1n) is 7.11. The minimum Gasteiger partial charge on any atom is -0.481 e. The third-order valence-electron chi connectivity index (χ3n) is 3.36. The number of benzene rings is 1. The predicted octanol–water partition coefficient (Wildman–Crippen LogP) is 4.41. The van der Waals surface area contributed by atoms with Crippen LogP contribution in [0.5, 0.6) is 10.9 Å². The molecule has 0 saturated heterocycles. The van der Waals surface area contributed by atoms with Gasteiger partial charge in [-0.2, -0.15) is 14.6 Å². The highest BCUT2D eigenvalue weighted by Crippen LogP contribution is 2.37. The van der Waals surface area contributed by atoms with Crippen molar-refractivity contribution in [3.8, 4) is 28.1 Å². The molecule has 2 aromatic heterocycles. The number of ether oxygens (including phenoxy) is 2. The lowest BCUT2D eigenvalue weighted by atomic mass is 10.1. The summed E-state index contributed by atoms with van der Waals surface area (Å²) < 4.78 is 24.1. The van der Waals surface area contributed by atoms with Crippen molar-refractivity contribution in [2.24, 2.45) is 0 Å². The van der Waals surface area contributed by atoms with Crippen LogP contribution in [0.4, 0.5) is 4.39 Å². The van der Waals surface area contributed by atoms with Crippen molar-refractivity contribution in [1.82, 2.24) is 4.98 Å². The molecule has 0 radical (unpaired) electrons. The van der Waals surface area contributed by atoms with Crippen LogP contribution in [0, 0.1) is 17.3 Å². The van der Waals surface area contributed by atoms with Crippen LogP contribution in [0.15, 0.2) is 47.8 Å². The summed E-state index contributed by atoms with van der Waals surface area (Å²) >= 11 is 1.34. The molecule has 0 saturated carbocycles. The molecule has 0 aliphatic heterocycles. The monoisotopic (exact) mass is 340 g/mol. The zero-order valence-electron chi connectivity index (χ0n) is 12.8. The van der Waals surface area contributed by atoms with Crippen molar-refractivity contribution in [2.75, 3.05) is 7.11 Å². The molecule has 0 fully saturated rings. The first kappa shape index (κ1) is 16.0.